The molecule has 0 radical (unpaired) electrons. The lowest BCUT2D eigenvalue weighted by Gasteiger charge is -2.08. The van der Waals surface area contributed by atoms with Crippen molar-refractivity contribution in [2.45, 2.75) is 0 Å². The van der Waals surface area contributed by atoms with Gasteiger partial charge >= 0.3 is 0 Å². The second-order valence-corrected chi connectivity index (χ2v) is 4.84. The molecule has 0 bridgehead atoms. The summed E-state index contributed by atoms with van der Waals surface area (Å²) in [7, 11) is 0. The Morgan fingerprint density at radius 1 is 1.19 bits per heavy atom. The van der Waals surface area contributed by atoms with Crippen LogP contribution < -0.4 is 5.32 Å². The van der Waals surface area contributed by atoms with Crippen LogP contribution in [-0.4, -0.2) is 10.8 Å². The lowest BCUT2D eigenvalue weighted by molar-refractivity contribution is -0.384. The zero-order valence-corrected chi connectivity index (χ0v) is 11.8. The number of hydrogen-bond donors (Lipinski definition) is 1. The summed E-state index contributed by atoms with van der Waals surface area (Å²) >= 11 is 11.6. The summed E-state index contributed by atoms with van der Waals surface area (Å²) < 4.78 is 13.6. The first-order valence-electron chi connectivity index (χ1n) is 5.59. The minimum Gasteiger partial charge on any atom is -0.321 e. The minimum atomic E-state index is -0.872. The third-order valence-electron chi connectivity index (χ3n) is 2.58. The van der Waals surface area contributed by atoms with Crippen LogP contribution in [0.5, 0.6) is 0 Å². The van der Waals surface area contributed by atoms with Gasteiger partial charge in [0.1, 0.15) is 5.82 Å². The number of nitro groups is 1. The minimum absolute atomic E-state index is 0.168. The molecule has 2 rings (SSSR count). The maximum Gasteiger partial charge on any atom is 0.270 e. The van der Waals surface area contributed by atoms with Gasteiger partial charge in [0.25, 0.3) is 11.6 Å². The molecule has 0 unspecified atom stereocenters. The maximum atomic E-state index is 13.6. The molecule has 21 heavy (non-hydrogen) atoms. The molecule has 1 amide bonds. The van der Waals surface area contributed by atoms with E-state index in [2.05, 4.69) is 5.32 Å². The second-order valence-electron chi connectivity index (χ2n) is 4.00. The number of rotatable bonds is 3. The lowest BCUT2D eigenvalue weighted by atomic mass is 10.1. The van der Waals surface area contributed by atoms with Gasteiger partial charge in [-0.3, -0.25) is 14.9 Å². The van der Waals surface area contributed by atoms with Crippen LogP contribution in [0.3, 0.4) is 0 Å². The molecular formula is C13H7Cl2FN2O3. The van der Waals surface area contributed by atoms with E-state index in [1.54, 1.807) is 0 Å². The van der Waals surface area contributed by atoms with Gasteiger partial charge in [-0.1, -0.05) is 23.2 Å². The molecule has 0 saturated heterocycles. The van der Waals surface area contributed by atoms with Gasteiger partial charge in [0.2, 0.25) is 0 Å². The maximum absolute atomic E-state index is 13.6. The Kier molecular flexibility index (Phi) is 4.40. The molecule has 5 nitrogen and oxygen atoms in total. The van der Waals surface area contributed by atoms with Crippen LogP contribution in [0.15, 0.2) is 36.4 Å². The van der Waals surface area contributed by atoms with Crippen LogP contribution in [0.1, 0.15) is 10.4 Å². The SMILES string of the molecule is O=C(Nc1ccc(Cl)cc1Cl)c1cc([N+](=O)[O-])ccc1F. The average molecular weight is 329 g/mol. The number of nitro benzene ring substituents is 1. The zero-order chi connectivity index (χ0) is 15.6. The van der Waals surface area contributed by atoms with Crippen LogP contribution in [0.2, 0.25) is 10.0 Å². The molecule has 0 heterocycles. The van der Waals surface area contributed by atoms with Gasteiger partial charge in [-0.2, -0.15) is 0 Å². The normalized spacial score (nSPS) is 10.2. The predicted molar refractivity (Wildman–Crippen MR) is 77.5 cm³/mol. The Morgan fingerprint density at radius 2 is 1.90 bits per heavy atom. The van der Waals surface area contributed by atoms with Crippen molar-refractivity contribution in [1.29, 1.82) is 0 Å². The molecule has 0 aliphatic carbocycles. The summed E-state index contributed by atoms with van der Waals surface area (Å²) in [5.74, 6) is -1.72. The Hall–Kier alpha value is -2.18. The molecule has 0 aliphatic heterocycles. The predicted octanol–water partition coefficient (Wildman–Crippen LogP) is 4.29. The van der Waals surface area contributed by atoms with Crippen molar-refractivity contribution in [2.24, 2.45) is 0 Å². The Labute approximate surface area is 128 Å². The van der Waals surface area contributed by atoms with Crippen LogP contribution in [-0.2, 0) is 0 Å². The smallest absolute Gasteiger partial charge is 0.270 e. The summed E-state index contributed by atoms with van der Waals surface area (Å²) in [6.45, 7) is 0. The number of nitrogens with zero attached hydrogens (tertiary/aromatic N) is 1. The number of anilines is 1. The number of amides is 1. The number of carbonyl (C=O) groups excluding carboxylic acids is 1. The van der Waals surface area contributed by atoms with Crippen LogP contribution >= 0.6 is 23.2 Å². The van der Waals surface area contributed by atoms with Crippen LogP contribution in [0.4, 0.5) is 15.8 Å². The highest BCUT2D eigenvalue weighted by atomic mass is 35.5. The van der Waals surface area contributed by atoms with E-state index in [-0.39, 0.29) is 16.4 Å². The Balaban J connectivity index is 2.32. The number of carbonyl (C=O) groups is 1. The van der Waals surface area contributed by atoms with E-state index in [0.29, 0.717) is 5.02 Å². The van der Waals surface area contributed by atoms with Crippen LogP contribution in [0, 0.1) is 15.9 Å². The van der Waals surface area contributed by atoms with Crippen molar-refractivity contribution in [3.05, 3.63) is 67.9 Å². The molecule has 108 valence electrons. The summed E-state index contributed by atoms with van der Waals surface area (Å²) in [5, 5.41) is 13.6. The molecule has 2 aromatic carbocycles. The monoisotopic (exact) mass is 328 g/mol. The zero-order valence-electron chi connectivity index (χ0n) is 10.3. The molecule has 0 spiro atoms. The molecular weight excluding hydrogens is 322 g/mol. The molecule has 1 N–H and O–H groups in total. The molecule has 0 saturated carbocycles. The Morgan fingerprint density at radius 3 is 2.52 bits per heavy atom. The number of non-ortho nitro benzene ring substituents is 1. The third-order valence-corrected chi connectivity index (χ3v) is 3.13. The van der Waals surface area contributed by atoms with Crippen molar-refractivity contribution in [3.8, 4) is 0 Å². The fourth-order valence-electron chi connectivity index (χ4n) is 1.58. The first kappa shape index (κ1) is 15.2. The van der Waals surface area contributed by atoms with Gasteiger partial charge in [0.05, 0.1) is 21.2 Å². The molecule has 8 heteroatoms. The number of benzene rings is 2. The van der Waals surface area contributed by atoms with Crippen molar-refractivity contribution in [2.75, 3.05) is 5.32 Å². The van der Waals surface area contributed by atoms with Crippen molar-refractivity contribution < 1.29 is 14.1 Å². The molecule has 0 fully saturated rings. The molecule has 0 atom stereocenters. The largest absolute Gasteiger partial charge is 0.321 e. The average Bonchev–Trinajstić information content (AvgIpc) is 2.42. The fraction of sp³-hybridized carbons (Fsp3) is 0. The highest BCUT2D eigenvalue weighted by Gasteiger charge is 2.17. The first-order chi connectivity index (χ1) is 9.88. The van der Waals surface area contributed by atoms with Gasteiger partial charge < -0.3 is 5.32 Å². The lowest BCUT2D eigenvalue weighted by Crippen LogP contribution is -2.14. The summed E-state index contributed by atoms with van der Waals surface area (Å²) in [6.07, 6.45) is 0. The molecule has 2 aromatic rings. The number of hydrogen-bond acceptors (Lipinski definition) is 3. The third kappa shape index (κ3) is 3.48. The van der Waals surface area contributed by atoms with Crippen molar-refractivity contribution >= 4 is 40.5 Å². The summed E-state index contributed by atoms with van der Waals surface area (Å²) in [4.78, 5) is 21.9. The van der Waals surface area contributed by atoms with Gasteiger partial charge in [-0.25, -0.2) is 4.39 Å². The van der Waals surface area contributed by atoms with Gasteiger partial charge in [0.15, 0.2) is 0 Å². The fourth-order valence-corrected chi connectivity index (χ4v) is 2.04. The van der Waals surface area contributed by atoms with E-state index < -0.39 is 22.2 Å². The van der Waals surface area contributed by atoms with Crippen molar-refractivity contribution in [3.63, 3.8) is 0 Å². The topological polar surface area (TPSA) is 72.2 Å². The quantitative estimate of drug-likeness (QED) is 0.674. The van der Waals surface area contributed by atoms with E-state index in [9.17, 15) is 19.3 Å². The van der Waals surface area contributed by atoms with E-state index in [0.717, 1.165) is 18.2 Å². The first-order valence-corrected chi connectivity index (χ1v) is 6.34. The number of halogens is 3. The van der Waals surface area contributed by atoms with Gasteiger partial charge in [-0.15, -0.1) is 0 Å². The van der Waals surface area contributed by atoms with E-state index >= 15 is 0 Å². The Bertz CT molecular complexity index is 737. The summed E-state index contributed by atoms with van der Waals surface area (Å²) in [5.41, 5.74) is -0.615. The molecule has 0 aromatic heterocycles. The van der Waals surface area contributed by atoms with E-state index in [4.69, 9.17) is 23.2 Å². The second kappa shape index (κ2) is 6.07. The standard InChI is InChI=1S/C13H7Cl2FN2O3/c14-7-1-4-12(10(15)5-7)17-13(19)9-6-8(18(20)21)2-3-11(9)16/h1-6H,(H,17,19). The highest BCUT2D eigenvalue weighted by Crippen LogP contribution is 2.26. The van der Waals surface area contributed by atoms with Crippen molar-refractivity contribution in [1.82, 2.24) is 0 Å². The number of nitrogens with one attached hydrogen (secondary N) is 1. The van der Waals surface area contributed by atoms with Gasteiger partial charge in [0, 0.05) is 17.2 Å². The molecule has 0 aliphatic rings. The highest BCUT2D eigenvalue weighted by molar-refractivity contribution is 6.36. The van der Waals surface area contributed by atoms with Crippen LogP contribution in [0.25, 0.3) is 0 Å². The summed E-state index contributed by atoms with van der Waals surface area (Å²) in [6, 6.07) is 7.03. The van der Waals surface area contributed by atoms with Gasteiger partial charge in [-0.05, 0) is 24.3 Å². The van der Waals surface area contributed by atoms with E-state index in [1.165, 1.54) is 18.2 Å². The van der Waals surface area contributed by atoms with E-state index in [1.807, 2.05) is 0 Å².